The lowest BCUT2D eigenvalue weighted by molar-refractivity contribution is -0.169. The van der Waals surface area contributed by atoms with Crippen LogP contribution in [0.15, 0.2) is 0 Å². The molecule has 1 rings (SSSR count). The first kappa shape index (κ1) is 10.9. The van der Waals surface area contributed by atoms with Gasteiger partial charge in [-0.15, -0.1) is 0 Å². The minimum absolute atomic E-state index is 0.0532. The number of hydrogen-bond donors (Lipinski definition) is 0. The molecule has 1 fully saturated rings. The second-order valence-electron chi connectivity index (χ2n) is 3.34. The smallest absolute Gasteiger partial charge is 0.347 e. The van der Waals surface area contributed by atoms with Gasteiger partial charge in [-0.25, -0.2) is 9.18 Å². The summed E-state index contributed by atoms with van der Waals surface area (Å²) < 4.78 is 23.1. The second-order valence-corrected chi connectivity index (χ2v) is 3.34. The maximum atomic E-state index is 14.0. The molecule has 0 radical (unpaired) electrons. The number of esters is 2. The van der Waals surface area contributed by atoms with E-state index in [1.54, 1.807) is 0 Å². The predicted molar refractivity (Wildman–Crippen MR) is 45.3 cm³/mol. The van der Waals surface area contributed by atoms with E-state index in [-0.39, 0.29) is 6.42 Å². The van der Waals surface area contributed by atoms with Crippen molar-refractivity contribution in [2.75, 3.05) is 7.11 Å². The molecule has 1 aliphatic carbocycles. The van der Waals surface area contributed by atoms with Gasteiger partial charge in [-0.3, -0.25) is 4.79 Å². The average molecular weight is 204 g/mol. The number of carbonyl (C=O) groups is 2. The van der Waals surface area contributed by atoms with Crippen molar-refractivity contribution in [2.45, 2.75) is 38.0 Å². The summed E-state index contributed by atoms with van der Waals surface area (Å²) in [5.74, 6) is -1.54. The molecular formula is C9H13FO4. The molecule has 80 valence electrons. The minimum atomic E-state index is -2.15. The van der Waals surface area contributed by atoms with Crippen LogP contribution in [0.25, 0.3) is 0 Å². The number of rotatable bonds is 2. The molecular weight excluding hydrogens is 191 g/mol. The van der Waals surface area contributed by atoms with Crippen LogP contribution in [-0.2, 0) is 19.1 Å². The summed E-state index contributed by atoms with van der Waals surface area (Å²) in [5, 5.41) is 0. The van der Waals surface area contributed by atoms with E-state index in [1.807, 2.05) is 0 Å². The van der Waals surface area contributed by atoms with Crippen molar-refractivity contribution in [2.24, 2.45) is 0 Å². The van der Waals surface area contributed by atoms with Gasteiger partial charge in [-0.1, -0.05) is 0 Å². The molecule has 0 aromatic heterocycles. The van der Waals surface area contributed by atoms with Crippen LogP contribution >= 0.6 is 0 Å². The highest BCUT2D eigenvalue weighted by molar-refractivity contribution is 5.81. The van der Waals surface area contributed by atoms with Crippen LogP contribution < -0.4 is 0 Å². The molecule has 0 spiro atoms. The van der Waals surface area contributed by atoms with Gasteiger partial charge in [0.05, 0.1) is 7.11 Å². The Morgan fingerprint density at radius 3 is 2.64 bits per heavy atom. The van der Waals surface area contributed by atoms with Crippen molar-refractivity contribution in [3.63, 3.8) is 0 Å². The van der Waals surface area contributed by atoms with E-state index < -0.39 is 23.7 Å². The van der Waals surface area contributed by atoms with Crippen molar-refractivity contribution < 1.29 is 23.5 Å². The first-order chi connectivity index (χ1) is 6.50. The van der Waals surface area contributed by atoms with Gasteiger partial charge in [0.1, 0.15) is 6.10 Å². The van der Waals surface area contributed by atoms with E-state index in [9.17, 15) is 14.0 Å². The summed E-state index contributed by atoms with van der Waals surface area (Å²) in [6, 6.07) is 0. The van der Waals surface area contributed by atoms with E-state index in [2.05, 4.69) is 4.74 Å². The van der Waals surface area contributed by atoms with Gasteiger partial charge in [0.2, 0.25) is 5.67 Å². The molecule has 2 unspecified atom stereocenters. The van der Waals surface area contributed by atoms with E-state index in [0.717, 1.165) is 7.11 Å². The van der Waals surface area contributed by atoms with Gasteiger partial charge in [0, 0.05) is 6.92 Å². The van der Waals surface area contributed by atoms with Crippen LogP contribution in [0.3, 0.4) is 0 Å². The predicted octanol–water partition coefficient (Wildman–Crippen LogP) is 0.983. The Bertz CT molecular complexity index is 253. The Labute approximate surface area is 81.4 Å². The van der Waals surface area contributed by atoms with Crippen molar-refractivity contribution in [1.82, 2.24) is 0 Å². The molecule has 0 aliphatic heterocycles. The first-order valence-electron chi connectivity index (χ1n) is 4.45. The Hall–Kier alpha value is -1.13. The van der Waals surface area contributed by atoms with Gasteiger partial charge in [-0.05, 0) is 19.3 Å². The molecule has 1 saturated carbocycles. The number of ether oxygens (including phenoxy) is 2. The largest absolute Gasteiger partial charge is 0.467 e. The number of alkyl halides is 1. The van der Waals surface area contributed by atoms with Gasteiger partial charge >= 0.3 is 11.9 Å². The van der Waals surface area contributed by atoms with Crippen molar-refractivity contribution in [1.29, 1.82) is 0 Å². The lowest BCUT2D eigenvalue weighted by atomic mass is 10.0. The van der Waals surface area contributed by atoms with Gasteiger partial charge in [0.25, 0.3) is 0 Å². The Morgan fingerprint density at radius 1 is 1.50 bits per heavy atom. The lowest BCUT2D eigenvalue weighted by Crippen LogP contribution is -2.44. The second kappa shape index (κ2) is 3.94. The Kier molecular flexibility index (Phi) is 3.08. The normalized spacial score (nSPS) is 31.2. The summed E-state index contributed by atoms with van der Waals surface area (Å²) >= 11 is 0. The van der Waals surface area contributed by atoms with Crippen LogP contribution in [0.4, 0.5) is 4.39 Å². The zero-order valence-corrected chi connectivity index (χ0v) is 8.21. The topological polar surface area (TPSA) is 52.6 Å². The quantitative estimate of drug-likeness (QED) is 0.629. The van der Waals surface area contributed by atoms with Gasteiger partial charge < -0.3 is 9.47 Å². The zero-order chi connectivity index (χ0) is 10.8. The molecule has 1 aliphatic rings. The van der Waals surface area contributed by atoms with Gasteiger partial charge in [-0.2, -0.15) is 0 Å². The zero-order valence-electron chi connectivity index (χ0n) is 8.21. The minimum Gasteiger partial charge on any atom is -0.467 e. The molecule has 0 heterocycles. The lowest BCUT2D eigenvalue weighted by Gasteiger charge is -2.23. The molecule has 2 atom stereocenters. The van der Waals surface area contributed by atoms with E-state index in [0.29, 0.717) is 12.8 Å². The highest BCUT2D eigenvalue weighted by atomic mass is 19.1. The van der Waals surface area contributed by atoms with Crippen LogP contribution in [0.5, 0.6) is 0 Å². The number of carbonyl (C=O) groups excluding carboxylic acids is 2. The monoisotopic (exact) mass is 204 g/mol. The summed E-state index contributed by atoms with van der Waals surface area (Å²) in [4.78, 5) is 21.8. The fourth-order valence-electron chi connectivity index (χ4n) is 1.69. The number of hydrogen-bond acceptors (Lipinski definition) is 4. The van der Waals surface area contributed by atoms with Crippen LogP contribution in [-0.4, -0.2) is 30.8 Å². The number of methoxy groups -OCH3 is 1. The fourth-order valence-corrected chi connectivity index (χ4v) is 1.69. The molecule has 4 nitrogen and oxygen atoms in total. The highest BCUT2D eigenvalue weighted by Gasteiger charge is 2.53. The van der Waals surface area contributed by atoms with Crippen molar-refractivity contribution in [3.8, 4) is 0 Å². The SMILES string of the molecule is COC(=O)C1(F)CCCC1OC(C)=O. The summed E-state index contributed by atoms with van der Waals surface area (Å²) in [7, 11) is 1.12. The third-order valence-electron chi connectivity index (χ3n) is 2.35. The highest BCUT2D eigenvalue weighted by Crippen LogP contribution is 2.37. The molecule has 14 heavy (non-hydrogen) atoms. The van der Waals surface area contributed by atoms with Crippen LogP contribution in [0.1, 0.15) is 26.2 Å². The maximum absolute atomic E-state index is 14.0. The average Bonchev–Trinajstić information content (AvgIpc) is 2.47. The third-order valence-corrected chi connectivity index (χ3v) is 2.35. The molecule has 0 N–H and O–H groups in total. The molecule has 0 saturated heterocycles. The number of halogens is 1. The maximum Gasteiger partial charge on any atom is 0.347 e. The summed E-state index contributed by atoms with van der Waals surface area (Å²) in [6.07, 6.45) is -0.0562. The van der Waals surface area contributed by atoms with Crippen LogP contribution in [0.2, 0.25) is 0 Å². The molecule has 0 aromatic carbocycles. The Balaban J connectivity index is 2.75. The van der Waals surface area contributed by atoms with Gasteiger partial charge in [0.15, 0.2) is 0 Å². The Morgan fingerprint density at radius 2 is 2.14 bits per heavy atom. The summed E-state index contributed by atoms with van der Waals surface area (Å²) in [5.41, 5.74) is -2.15. The first-order valence-corrected chi connectivity index (χ1v) is 4.45. The molecule has 0 amide bonds. The fraction of sp³-hybridized carbons (Fsp3) is 0.778. The standard InChI is InChI=1S/C9H13FO4/c1-6(11)14-7-4-3-5-9(7,10)8(12)13-2/h7H,3-5H2,1-2H3. The third kappa shape index (κ3) is 1.86. The van der Waals surface area contributed by atoms with E-state index in [1.165, 1.54) is 6.92 Å². The van der Waals surface area contributed by atoms with Crippen molar-refractivity contribution in [3.05, 3.63) is 0 Å². The van der Waals surface area contributed by atoms with Crippen LogP contribution in [0, 0.1) is 0 Å². The molecule has 5 heteroatoms. The van der Waals surface area contributed by atoms with Crippen molar-refractivity contribution >= 4 is 11.9 Å². The molecule has 0 bridgehead atoms. The van der Waals surface area contributed by atoms with E-state index in [4.69, 9.17) is 4.74 Å². The molecule has 0 aromatic rings. The summed E-state index contributed by atoms with van der Waals surface area (Å²) in [6.45, 7) is 1.19. The van der Waals surface area contributed by atoms with E-state index >= 15 is 0 Å².